The average Bonchev–Trinajstić information content (AvgIpc) is 2.31. The quantitative estimate of drug-likeness (QED) is 0.847. The van der Waals surface area contributed by atoms with Gasteiger partial charge in [-0.3, -0.25) is 4.72 Å². The van der Waals surface area contributed by atoms with Gasteiger partial charge in [-0.25, -0.2) is 8.42 Å². The second kappa shape index (κ2) is 4.93. The summed E-state index contributed by atoms with van der Waals surface area (Å²) in [6, 6.07) is 12.2. The van der Waals surface area contributed by atoms with E-state index in [1.807, 2.05) is 19.1 Å². The number of nitrogen functional groups attached to an aromatic ring is 1. The summed E-state index contributed by atoms with van der Waals surface area (Å²) in [5.41, 5.74) is 8.23. The number of hydrogen-bond acceptors (Lipinski definition) is 3. The normalized spacial score (nSPS) is 11.3. The van der Waals surface area contributed by atoms with Gasteiger partial charge in [0.15, 0.2) is 0 Å². The van der Waals surface area contributed by atoms with E-state index < -0.39 is 10.0 Å². The minimum Gasteiger partial charge on any atom is -0.398 e. The molecule has 5 heteroatoms. The lowest BCUT2D eigenvalue weighted by Crippen LogP contribution is -2.16. The van der Waals surface area contributed by atoms with Crippen molar-refractivity contribution in [3.63, 3.8) is 0 Å². The molecule has 0 bridgehead atoms. The molecule has 0 atom stereocenters. The van der Waals surface area contributed by atoms with Crippen LogP contribution < -0.4 is 10.5 Å². The second-order valence-corrected chi connectivity index (χ2v) is 6.08. The van der Waals surface area contributed by atoms with E-state index in [0.717, 1.165) is 5.56 Å². The van der Waals surface area contributed by atoms with Crippen LogP contribution in [0, 0.1) is 13.8 Å². The second-order valence-electron chi connectivity index (χ2n) is 4.46. The molecule has 19 heavy (non-hydrogen) atoms. The molecule has 2 rings (SSSR count). The molecule has 0 saturated heterocycles. The van der Waals surface area contributed by atoms with Crippen molar-refractivity contribution in [3.05, 3.63) is 53.6 Å². The number of hydrogen-bond donors (Lipinski definition) is 2. The van der Waals surface area contributed by atoms with Crippen molar-refractivity contribution in [1.29, 1.82) is 0 Å². The van der Waals surface area contributed by atoms with Gasteiger partial charge in [0.2, 0.25) is 0 Å². The summed E-state index contributed by atoms with van der Waals surface area (Å²) in [7, 11) is -3.66. The van der Waals surface area contributed by atoms with Gasteiger partial charge in [0.05, 0.1) is 5.69 Å². The number of aryl methyl sites for hydroxylation is 2. The van der Waals surface area contributed by atoms with Crippen LogP contribution in [-0.4, -0.2) is 8.42 Å². The van der Waals surface area contributed by atoms with Crippen molar-refractivity contribution in [1.82, 2.24) is 0 Å². The summed E-state index contributed by atoms with van der Waals surface area (Å²) in [6.45, 7) is 3.66. The molecular weight excluding hydrogens is 260 g/mol. The topological polar surface area (TPSA) is 72.2 Å². The number of nitrogens with two attached hydrogens (primary N) is 1. The van der Waals surface area contributed by atoms with Gasteiger partial charge in [-0.2, -0.15) is 0 Å². The van der Waals surface area contributed by atoms with E-state index in [9.17, 15) is 8.42 Å². The van der Waals surface area contributed by atoms with Crippen molar-refractivity contribution in [2.45, 2.75) is 18.7 Å². The third-order valence-electron chi connectivity index (χ3n) is 2.81. The van der Waals surface area contributed by atoms with Crippen molar-refractivity contribution < 1.29 is 8.42 Å². The summed E-state index contributed by atoms with van der Waals surface area (Å²) < 4.78 is 27.2. The van der Waals surface area contributed by atoms with Crippen molar-refractivity contribution in [2.24, 2.45) is 0 Å². The smallest absolute Gasteiger partial charge is 0.264 e. The van der Waals surface area contributed by atoms with Gasteiger partial charge >= 0.3 is 0 Å². The first-order valence-corrected chi connectivity index (χ1v) is 7.33. The van der Waals surface area contributed by atoms with Gasteiger partial charge in [-0.1, -0.05) is 29.8 Å². The summed E-state index contributed by atoms with van der Waals surface area (Å²) in [5.74, 6) is 0. The molecule has 0 fully saturated rings. The molecule has 2 aromatic rings. The molecule has 0 saturated carbocycles. The Morgan fingerprint density at radius 1 is 1.00 bits per heavy atom. The number of sulfonamides is 1. The Balaban J connectivity index is 2.41. The average molecular weight is 276 g/mol. The maximum Gasteiger partial charge on any atom is 0.264 e. The van der Waals surface area contributed by atoms with Crippen molar-refractivity contribution in [2.75, 3.05) is 10.5 Å². The summed E-state index contributed by atoms with van der Waals surface area (Å²) in [4.78, 5) is 0.135. The molecule has 2 aromatic carbocycles. The fraction of sp³-hybridized carbons (Fsp3) is 0.143. The molecule has 0 aromatic heterocycles. The van der Waals surface area contributed by atoms with Gasteiger partial charge in [-0.05, 0) is 37.6 Å². The highest BCUT2D eigenvalue weighted by Crippen LogP contribution is 2.24. The standard InChI is InChI=1S/C14H16N2O2S/c1-10-6-8-12(9-7-10)16-19(17,18)14-11(2)4-3-5-13(14)15/h3-9,16H,15H2,1-2H3. The molecule has 0 aliphatic carbocycles. The fourth-order valence-corrected chi connectivity index (χ4v) is 3.29. The number of rotatable bonds is 3. The minimum atomic E-state index is -3.66. The minimum absolute atomic E-state index is 0.135. The monoisotopic (exact) mass is 276 g/mol. The third-order valence-corrected chi connectivity index (χ3v) is 4.41. The Morgan fingerprint density at radius 3 is 2.21 bits per heavy atom. The molecule has 0 amide bonds. The molecule has 0 aliphatic heterocycles. The zero-order chi connectivity index (χ0) is 14.0. The SMILES string of the molecule is Cc1ccc(NS(=O)(=O)c2c(C)cccc2N)cc1. The van der Waals surface area contributed by atoms with Crippen LogP contribution in [0.5, 0.6) is 0 Å². The van der Waals surface area contributed by atoms with E-state index in [4.69, 9.17) is 5.73 Å². The Morgan fingerprint density at radius 2 is 1.63 bits per heavy atom. The summed E-state index contributed by atoms with van der Waals surface area (Å²) >= 11 is 0. The fourth-order valence-electron chi connectivity index (χ4n) is 1.87. The molecule has 0 aliphatic rings. The largest absolute Gasteiger partial charge is 0.398 e. The molecule has 0 heterocycles. The number of anilines is 2. The van der Waals surface area contributed by atoms with Gasteiger partial charge in [0, 0.05) is 5.69 Å². The first-order valence-electron chi connectivity index (χ1n) is 5.85. The highest BCUT2D eigenvalue weighted by Gasteiger charge is 2.19. The highest BCUT2D eigenvalue weighted by molar-refractivity contribution is 7.93. The van der Waals surface area contributed by atoms with E-state index in [1.54, 1.807) is 37.3 Å². The van der Waals surface area contributed by atoms with Crippen LogP contribution in [0.15, 0.2) is 47.4 Å². The zero-order valence-corrected chi connectivity index (χ0v) is 11.7. The van der Waals surface area contributed by atoms with E-state index in [-0.39, 0.29) is 10.6 Å². The van der Waals surface area contributed by atoms with Gasteiger partial charge < -0.3 is 5.73 Å². The maximum atomic E-state index is 12.3. The molecule has 0 unspecified atom stereocenters. The van der Waals surface area contributed by atoms with Crippen LogP contribution in [0.1, 0.15) is 11.1 Å². The molecule has 3 N–H and O–H groups in total. The van der Waals surface area contributed by atoms with Crippen molar-refractivity contribution in [3.8, 4) is 0 Å². The molecule has 0 spiro atoms. The van der Waals surface area contributed by atoms with Gasteiger partial charge in [-0.15, -0.1) is 0 Å². The van der Waals surface area contributed by atoms with E-state index in [1.165, 1.54) is 0 Å². The van der Waals surface area contributed by atoms with Crippen LogP contribution in [-0.2, 0) is 10.0 Å². The Bertz CT molecular complexity index is 672. The van der Waals surface area contributed by atoms with Gasteiger partial charge in [0.1, 0.15) is 4.90 Å². The Hall–Kier alpha value is -2.01. The van der Waals surface area contributed by atoms with Crippen LogP contribution >= 0.6 is 0 Å². The predicted molar refractivity (Wildman–Crippen MR) is 77.6 cm³/mol. The number of nitrogens with one attached hydrogen (secondary N) is 1. The zero-order valence-electron chi connectivity index (χ0n) is 10.8. The summed E-state index contributed by atoms with van der Waals surface area (Å²) in [6.07, 6.45) is 0. The first-order chi connectivity index (χ1) is 8.90. The van der Waals surface area contributed by atoms with E-state index in [2.05, 4.69) is 4.72 Å². The molecule has 100 valence electrons. The maximum absolute atomic E-state index is 12.3. The van der Waals surface area contributed by atoms with E-state index in [0.29, 0.717) is 11.3 Å². The van der Waals surface area contributed by atoms with E-state index >= 15 is 0 Å². The van der Waals surface area contributed by atoms with Gasteiger partial charge in [0.25, 0.3) is 10.0 Å². The van der Waals surface area contributed by atoms with Crippen LogP contribution in [0.2, 0.25) is 0 Å². The lowest BCUT2D eigenvalue weighted by molar-refractivity contribution is 0.601. The first kappa shape index (κ1) is 13.4. The Labute approximate surface area is 113 Å². The lowest BCUT2D eigenvalue weighted by Gasteiger charge is -2.12. The van der Waals surface area contributed by atoms with Crippen LogP contribution in [0.3, 0.4) is 0 Å². The molecular formula is C14H16N2O2S. The highest BCUT2D eigenvalue weighted by atomic mass is 32.2. The predicted octanol–water partition coefficient (Wildman–Crippen LogP) is 2.69. The molecule has 4 nitrogen and oxygen atoms in total. The van der Waals surface area contributed by atoms with Crippen LogP contribution in [0.25, 0.3) is 0 Å². The molecule has 0 radical (unpaired) electrons. The number of benzene rings is 2. The summed E-state index contributed by atoms with van der Waals surface area (Å²) in [5, 5.41) is 0. The van der Waals surface area contributed by atoms with Crippen molar-refractivity contribution >= 4 is 21.4 Å². The van der Waals surface area contributed by atoms with Crippen LogP contribution in [0.4, 0.5) is 11.4 Å². The Kier molecular flexibility index (Phi) is 3.48. The lowest BCUT2D eigenvalue weighted by atomic mass is 10.2. The third kappa shape index (κ3) is 2.88.